The van der Waals surface area contributed by atoms with Gasteiger partial charge in [-0.15, -0.1) is 5.10 Å². The van der Waals surface area contributed by atoms with Crippen LogP contribution >= 0.6 is 0 Å². The van der Waals surface area contributed by atoms with E-state index in [2.05, 4.69) is 20.4 Å². The number of nitrogens with one attached hydrogen (secondary N) is 1. The summed E-state index contributed by atoms with van der Waals surface area (Å²) in [6.07, 6.45) is -0.863. The maximum atomic E-state index is 14.7. The van der Waals surface area contributed by atoms with E-state index < -0.39 is 37.4 Å². The third kappa shape index (κ3) is 4.53. The number of benzene rings is 1. The summed E-state index contributed by atoms with van der Waals surface area (Å²) in [5.41, 5.74) is 3.02. The number of nitrogens with zero attached hydrogens (tertiary/aromatic N) is 6. The van der Waals surface area contributed by atoms with Crippen molar-refractivity contribution >= 4 is 28.4 Å². The van der Waals surface area contributed by atoms with Gasteiger partial charge in [-0.25, -0.2) is 27.1 Å². The number of amides is 1. The number of anilines is 1. The normalized spacial score (nSPS) is 17.6. The van der Waals surface area contributed by atoms with Crippen LogP contribution in [0.2, 0.25) is 0 Å². The van der Waals surface area contributed by atoms with E-state index >= 15 is 0 Å². The molecule has 0 saturated carbocycles. The largest absolute Gasteiger partial charge is 0.479 e. The molecule has 1 fully saturated rings. The van der Waals surface area contributed by atoms with E-state index in [1.807, 2.05) is 6.07 Å². The number of likely N-dealkylation sites (tertiary alicyclic amines) is 1. The zero-order valence-electron chi connectivity index (χ0n) is 20.4. The fourth-order valence-electron chi connectivity index (χ4n) is 4.75. The molecule has 4 aromatic rings. The van der Waals surface area contributed by atoms with Crippen molar-refractivity contribution in [3.8, 4) is 17.0 Å². The van der Waals surface area contributed by atoms with E-state index in [1.54, 1.807) is 31.3 Å². The number of alkyl halides is 4. The topological polar surface area (TPSA) is 89.6 Å². The predicted molar refractivity (Wildman–Crippen MR) is 128 cm³/mol. The Hall–Kier alpha value is -3.90. The highest BCUT2D eigenvalue weighted by Gasteiger charge is 2.45. The van der Waals surface area contributed by atoms with Crippen molar-refractivity contribution in [1.82, 2.24) is 29.0 Å². The molecule has 0 aliphatic carbocycles. The molecule has 0 bridgehead atoms. The lowest BCUT2D eigenvalue weighted by atomic mass is 10.0. The quantitative estimate of drug-likeness (QED) is 0.388. The molecular weight excluding hydrogens is 494 g/mol. The van der Waals surface area contributed by atoms with E-state index in [9.17, 15) is 22.4 Å². The number of methoxy groups -OCH3 is 1. The second kappa shape index (κ2) is 9.20. The highest BCUT2D eigenvalue weighted by Crippen LogP contribution is 2.34. The fourth-order valence-corrected chi connectivity index (χ4v) is 4.75. The van der Waals surface area contributed by atoms with Gasteiger partial charge in [0.2, 0.25) is 17.7 Å². The molecule has 5 rings (SSSR count). The number of halogens is 4. The first-order valence-electron chi connectivity index (χ1n) is 11.7. The van der Waals surface area contributed by atoms with Crippen molar-refractivity contribution in [2.75, 3.05) is 25.5 Å². The summed E-state index contributed by atoms with van der Waals surface area (Å²) in [5.74, 6) is -2.99. The van der Waals surface area contributed by atoms with Crippen molar-refractivity contribution in [2.45, 2.75) is 45.2 Å². The monoisotopic (exact) mass is 519 g/mol. The summed E-state index contributed by atoms with van der Waals surface area (Å²) in [5, 5.41) is 7.06. The Morgan fingerprint density at radius 1 is 1.27 bits per heavy atom. The van der Waals surface area contributed by atoms with Gasteiger partial charge in [0, 0.05) is 25.2 Å². The smallest absolute Gasteiger partial charge is 0.285 e. The van der Waals surface area contributed by atoms with E-state index in [4.69, 9.17) is 4.74 Å². The Kier molecular flexibility index (Phi) is 6.16. The summed E-state index contributed by atoms with van der Waals surface area (Å²) in [6.45, 7) is 1.98. The van der Waals surface area contributed by atoms with Gasteiger partial charge in [0.1, 0.15) is 11.3 Å². The molecule has 1 saturated heterocycles. The molecule has 1 aliphatic heterocycles. The molecule has 1 aliphatic rings. The van der Waals surface area contributed by atoms with E-state index in [-0.39, 0.29) is 24.8 Å². The van der Waals surface area contributed by atoms with Crippen molar-refractivity contribution in [2.24, 2.45) is 0 Å². The van der Waals surface area contributed by atoms with Crippen LogP contribution in [0, 0.1) is 6.92 Å². The highest BCUT2D eigenvalue weighted by atomic mass is 19.3. The molecule has 1 aromatic carbocycles. The number of piperidine rings is 1. The standard InChI is InChI=1S/C24H25F4N7O2/c1-13-29-17-5-4-15(10-18(17)34(13)11-20(25)26)16-6-9-35-21(16)22(37-3)31-23(32-35)30-19-7-8-33(14(2)36)12-24(19,27)28/h4-6,9-10,19-20H,7-8,11-12H2,1-3H3,(H,30,32)/t19-/m1/s1. The van der Waals surface area contributed by atoms with Crippen molar-refractivity contribution in [3.05, 3.63) is 36.3 Å². The molecule has 9 nitrogen and oxygen atoms in total. The molecule has 0 radical (unpaired) electrons. The van der Waals surface area contributed by atoms with Crippen LogP contribution in [0.15, 0.2) is 30.5 Å². The van der Waals surface area contributed by atoms with E-state index in [0.717, 1.165) is 4.90 Å². The number of hydrogen-bond acceptors (Lipinski definition) is 6. The Bertz CT molecular complexity index is 1480. The number of hydrogen-bond donors (Lipinski definition) is 1. The number of carbonyl (C=O) groups excluding carboxylic acids is 1. The first kappa shape index (κ1) is 24.8. The molecular formula is C24H25F4N7O2. The van der Waals surface area contributed by atoms with Gasteiger partial charge in [-0.2, -0.15) is 4.98 Å². The van der Waals surface area contributed by atoms with Gasteiger partial charge in [0.05, 0.1) is 37.3 Å². The number of carbonyl (C=O) groups is 1. The molecule has 1 N–H and O–H groups in total. The molecule has 0 spiro atoms. The minimum atomic E-state index is -3.17. The van der Waals surface area contributed by atoms with Crippen molar-refractivity contribution < 1.29 is 27.1 Å². The van der Waals surface area contributed by atoms with Crippen LogP contribution < -0.4 is 10.1 Å². The van der Waals surface area contributed by atoms with Crippen LogP contribution in [-0.4, -0.2) is 73.5 Å². The summed E-state index contributed by atoms with van der Waals surface area (Å²) >= 11 is 0. The maximum absolute atomic E-state index is 14.7. The molecule has 13 heteroatoms. The number of fused-ring (bicyclic) bond motifs is 2. The van der Waals surface area contributed by atoms with Gasteiger partial charge in [-0.3, -0.25) is 4.79 Å². The third-order valence-corrected chi connectivity index (χ3v) is 6.59. The Labute approximate surface area is 209 Å². The van der Waals surface area contributed by atoms with E-state index in [1.165, 1.54) is 23.1 Å². The first-order valence-corrected chi connectivity index (χ1v) is 11.7. The zero-order chi connectivity index (χ0) is 26.5. The summed E-state index contributed by atoms with van der Waals surface area (Å²) in [7, 11) is 1.41. The van der Waals surface area contributed by atoms with Gasteiger partial charge >= 0.3 is 0 Å². The van der Waals surface area contributed by atoms with Crippen LogP contribution in [-0.2, 0) is 11.3 Å². The van der Waals surface area contributed by atoms with Gasteiger partial charge in [0.25, 0.3) is 12.3 Å². The second-order valence-corrected chi connectivity index (χ2v) is 9.02. The number of aryl methyl sites for hydroxylation is 1. The van der Waals surface area contributed by atoms with Crippen molar-refractivity contribution in [3.63, 3.8) is 0 Å². The highest BCUT2D eigenvalue weighted by molar-refractivity contribution is 5.90. The van der Waals surface area contributed by atoms with Crippen LogP contribution in [0.3, 0.4) is 0 Å². The molecule has 1 amide bonds. The Morgan fingerprint density at radius 3 is 2.73 bits per heavy atom. The van der Waals surface area contributed by atoms with E-state index in [0.29, 0.717) is 33.5 Å². The van der Waals surface area contributed by atoms with Crippen LogP contribution in [0.1, 0.15) is 19.2 Å². The Morgan fingerprint density at radius 2 is 2.05 bits per heavy atom. The lowest BCUT2D eigenvalue weighted by molar-refractivity contribution is -0.140. The Balaban J connectivity index is 1.50. The third-order valence-electron chi connectivity index (χ3n) is 6.59. The second-order valence-electron chi connectivity index (χ2n) is 9.02. The number of rotatable bonds is 6. The van der Waals surface area contributed by atoms with Gasteiger partial charge in [0.15, 0.2) is 0 Å². The summed E-state index contributed by atoms with van der Waals surface area (Å²) in [4.78, 5) is 21.3. The molecule has 196 valence electrons. The number of ether oxygens (including phenoxy) is 1. The fraction of sp³-hybridized carbons (Fsp3) is 0.417. The minimum absolute atomic E-state index is 0.0267. The lowest BCUT2D eigenvalue weighted by Gasteiger charge is -2.38. The predicted octanol–water partition coefficient (Wildman–Crippen LogP) is 4.00. The number of aromatic nitrogens is 5. The first-order chi connectivity index (χ1) is 17.6. The lowest BCUT2D eigenvalue weighted by Crippen LogP contribution is -2.55. The minimum Gasteiger partial charge on any atom is -0.479 e. The molecule has 0 unspecified atom stereocenters. The summed E-state index contributed by atoms with van der Waals surface area (Å²) in [6, 6.07) is 5.83. The van der Waals surface area contributed by atoms with Gasteiger partial charge < -0.3 is 19.5 Å². The average Bonchev–Trinajstić information content (AvgIpc) is 3.39. The van der Waals surface area contributed by atoms with Crippen LogP contribution in [0.25, 0.3) is 27.7 Å². The number of imidazole rings is 1. The molecule has 3 aromatic heterocycles. The average molecular weight is 520 g/mol. The van der Waals surface area contributed by atoms with Gasteiger partial charge in [-0.1, -0.05) is 6.07 Å². The molecule has 1 atom stereocenters. The summed E-state index contributed by atoms with van der Waals surface area (Å²) < 4.78 is 64.1. The maximum Gasteiger partial charge on any atom is 0.285 e. The SMILES string of the molecule is COc1nc(N[C@@H]2CCN(C(C)=O)CC2(F)F)nn2ccc(-c3ccc4nc(C)n(CC(F)F)c4c3)c12. The van der Waals surface area contributed by atoms with Crippen molar-refractivity contribution in [1.29, 1.82) is 0 Å². The zero-order valence-corrected chi connectivity index (χ0v) is 20.4. The van der Waals surface area contributed by atoms with Crippen LogP contribution in [0.4, 0.5) is 23.5 Å². The van der Waals surface area contributed by atoms with Gasteiger partial charge in [-0.05, 0) is 37.1 Å². The van der Waals surface area contributed by atoms with Crippen LogP contribution in [0.5, 0.6) is 5.88 Å². The molecule has 37 heavy (non-hydrogen) atoms. The molecule has 4 heterocycles.